The Balaban J connectivity index is 0.00000314. The van der Waals surface area contributed by atoms with Crippen LogP contribution in [-0.4, -0.2) is 28.4 Å². The monoisotopic (exact) mass is 807 g/mol. The fourth-order valence-corrected chi connectivity index (χ4v) is 7.93. The molecule has 10 rings (SSSR count). The van der Waals surface area contributed by atoms with Crippen LogP contribution in [0.5, 0.6) is 17.4 Å². The number of pyridine rings is 1. The van der Waals surface area contributed by atoms with E-state index in [2.05, 4.69) is 95.7 Å². The van der Waals surface area contributed by atoms with Gasteiger partial charge >= 0.3 is 0 Å². The third-order valence-corrected chi connectivity index (χ3v) is 10.8. The summed E-state index contributed by atoms with van der Waals surface area (Å²) in [6.07, 6.45) is 1.82. The smallest absolute Gasteiger partial charge is 0.240 e. The average Bonchev–Trinajstić information content (AvgIpc) is 3.72. The number of fused-ring (bicyclic) bond motifs is 8. The zero-order valence-electron chi connectivity index (χ0n) is 26.7. The molecule has 0 saturated heterocycles. The van der Waals surface area contributed by atoms with E-state index in [4.69, 9.17) is 14.7 Å². The Morgan fingerprint density at radius 2 is 1.38 bits per heavy atom. The van der Waals surface area contributed by atoms with Gasteiger partial charge in [-0.3, -0.25) is 4.40 Å². The fourth-order valence-electron chi connectivity index (χ4n) is 7.93. The van der Waals surface area contributed by atoms with Crippen LogP contribution < -0.4 is 4.74 Å². The van der Waals surface area contributed by atoms with Gasteiger partial charge in [-0.05, 0) is 42.0 Å². The van der Waals surface area contributed by atoms with Gasteiger partial charge in [0.25, 0.3) is 0 Å². The van der Waals surface area contributed by atoms with Crippen LogP contribution in [0.4, 0.5) is 0 Å². The van der Waals surface area contributed by atoms with Crippen LogP contribution in [0.2, 0.25) is 0 Å². The molecular formula is C40H30N5O2Pt-. The molecule has 8 heteroatoms. The van der Waals surface area contributed by atoms with Crippen molar-refractivity contribution < 1.29 is 30.9 Å². The van der Waals surface area contributed by atoms with Gasteiger partial charge in [0, 0.05) is 60.0 Å². The fraction of sp³-hybridized carbons (Fsp3) is 0.150. The van der Waals surface area contributed by atoms with Gasteiger partial charge in [-0.2, -0.15) is 11.1 Å². The molecule has 1 aliphatic heterocycles. The Kier molecular flexibility index (Phi) is 5.87. The van der Waals surface area contributed by atoms with Crippen LogP contribution in [0.1, 0.15) is 39.0 Å². The number of hydrogen-bond donors (Lipinski definition) is 1. The molecule has 0 bridgehead atoms. The van der Waals surface area contributed by atoms with E-state index in [1.807, 2.05) is 54.7 Å². The van der Waals surface area contributed by atoms with Gasteiger partial charge in [-0.25, -0.2) is 4.98 Å². The summed E-state index contributed by atoms with van der Waals surface area (Å²) in [5, 5.41) is 14.7. The van der Waals surface area contributed by atoms with Crippen molar-refractivity contribution in [1.82, 2.24) is 23.3 Å². The Hall–Kier alpha value is -5.13. The molecule has 238 valence electrons. The summed E-state index contributed by atoms with van der Waals surface area (Å²) in [7, 11) is 0. The van der Waals surface area contributed by atoms with E-state index in [0.29, 0.717) is 22.8 Å². The van der Waals surface area contributed by atoms with Crippen molar-refractivity contribution in [1.29, 1.82) is 0 Å². The Morgan fingerprint density at radius 1 is 0.667 bits per heavy atom. The third kappa shape index (κ3) is 3.47. The molecule has 0 atom stereocenters. The number of hydrogen-bond acceptors (Lipinski definition) is 4. The number of aromatic nitrogens is 5. The van der Waals surface area contributed by atoms with E-state index in [-0.39, 0.29) is 32.2 Å². The van der Waals surface area contributed by atoms with Crippen molar-refractivity contribution in [3.8, 4) is 23.1 Å². The SMILES string of the molecule is CC1(C)c2cccc3c2n2c(c(Oc4[c-]c(-n5c6ccccc6c6cccnc65)ccc4)nc2c2c(O)c4ccccc4n32)C1(C)C.[Pt]. The van der Waals surface area contributed by atoms with Crippen LogP contribution in [0, 0.1) is 6.07 Å². The van der Waals surface area contributed by atoms with Crippen LogP contribution in [0.15, 0.2) is 103 Å². The summed E-state index contributed by atoms with van der Waals surface area (Å²) in [4.78, 5) is 9.97. The van der Waals surface area contributed by atoms with E-state index in [9.17, 15) is 5.11 Å². The Morgan fingerprint density at radius 3 is 2.21 bits per heavy atom. The molecule has 1 aliphatic rings. The molecule has 48 heavy (non-hydrogen) atoms. The maximum absolute atomic E-state index is 11.7. The van der Waals surface area contributed by atoms with Gasteiger partial charge < -0.3 is 18.8 Å². The number of imidazole rings is 1. The first-order chi connectivity index (χ1) is 22.8. The van der Waals surface area contributed by atoms with Crippen molar-refractivity contribution in [3.63, 3.8) is 0 Å². The van der Waals surface area contributed by atoms with Gasteiger partial charge in [0.2, 0.25) is 5.88 Å². The standard InChI is InChI=1S/C40H30N5O2.Pt/c1-39(2)28-17-10-20-31-32(28)45-35(40(39,3)4)38(42-37(45)33-34(46)27-15-6-8-19-30(27)44(31)33)47-24-13-9-12-23(22-24)43-29-18-7-5-14-25(29)26-16-11-21-41-36(26)43;/h5-21,46H,1-4H3;/q-1;. The molecule has 5 aromatic heterocycles. The number of ether oxygens (including phenoxy) is 1. The van der Waals surface area contributed by atoms with E-state index in [1.54, 1.807) is 0 Å². The maximum atomic E-state index is 11.7. The first-order valence-electron chi connectivity index (χ1n) is 15.9. The summed E-state index contributed by atoms with van der Waals surface area (Å²) < 4.78 is 13.3. The van der Waals surface area contributed by atoms with Crippen molar-refractivity contribution in [2.24, 2.45) is 0 Å². The maximum Gasteiger partial charge on any atom is 0.240 e. The van der Waals surface area contributed by atoms with Gasteiger partial charge in [0.05, 0.1) is 27.8 Å². The molecule has 6 heterocycles. The summed E-state index contributed by atoms with van der Waals surface area (Å²) >= 11 is 0. The van der Waals surface area contributed by atoms with Crippen molar-refractivity contribution in [2.75, 3.05) is 0 Å². The second kappa shape index (κ2) is 9.71. The molecule has 0 fully saturated rings. The van der Waals surface area contributed by atoms with Crippen molar-refractivity contribution in [2.45, 2.75) is 38.5 Å². The van der Waals surface area contributed by atoms with E-state index in [1.165, 1.54) is 5.56 Å². The van der Waals surface area contributed by atoms with Gasteiger partial charge in [-0.1, -0.05) is 75.8 Å². The van der Waals surface area contributed by atoms with E-state index in [0.717, 1.165) is 55.3 Å². The minimum Gasteiger partial charge on any atom is -0.505 e. The van der Waals surface area contributed by atoms with Crippen LogP contribution >= 0.6 is 0 Å². The predicted octanol–water partition coefficient (Wildman–Crippen LogP) is 9.25. The first-order valence-corrected chi connectivity index (χ1v) is 15.9. The van der Waals surface area contributed by atoms with Crippen molar-refractivity contribution >= 4 is 55.0 Å². The summed E-state index contributed by atoms with van der Waals surface area (Å²) in [6.45, 7) is 9.11. The first kappa shape index (κ1) is 29.0. The normalized spacial score (nSPS) is 14.9. The number of para-hydroxylation sites is 3. The molecule has 4 aromatic carbocycles. The number of benzene rings is 4. The number of aromatic hydroxyl groups is 1. The van der Waals surface area contributed by atoms with Gasteiger partial charge in [0.15, 0.2) is 11.4 Å². The summed E-state index contributed by atoms with van der Waals surface area (Å²) in [6, 6.07) is 36.3. The second-order valence-corrected chi connectivity index (χ2v) is 13.6. The minimum absolute atomic E-state index is 0. The molecule has 0 aliphatic carbocycles. The topological polar surface area (TPSA) is 69.0 Å². The molecule has 7 nitrogen and oxygen atoms in total. The van der Waals surface area contributed by atoms with Gasteiger partial charge in [-0.15, -0.1) is 18.2 Å². The molecule has 0 amide bonds. The number of nitrogens with zero attached hydrogens (tertiary/aromatic N) is 5. The molecule has 0 saturated carbocycles. The number of rotatable bonds is 3. The molecule has 9 aromatic rings. The molecule has 1 N–H and O–H groups in total. The summed E-state index contributed by atoms with van der Waals surface area (Å²) in [5.41, 5.74) is 8.64. The second-order valence-electron chi connectivity index (χ2n) is 13.6. The molecule has 0 unspecified atom stereocenters. The molecule has 0 radical (unpaired) electrons. The van der Waals surface area contributed by atoms with Crippen molar-refractivity contribution in [3.05, 3.63) is 121 Å². The van der Waals surface area contributed by atoms with Gasteiger partial charge in [0.1, 0.15) is 11.2 Å². The zero-order valence-corrected chi connectivity index (χ0v) is 29.0. The third-order valence-electron chi connectivity index (χ3n) is 10.8. The van der Waals surface area contributed by atoms with E-state index >= 15 is 0 Å². The zero-order chi connectivity index (χ0) is 31.8. The average molecular weight is 808 g/mol. The Labute approximate surface area is 290 Å². The summed E-state index contributed by atoms with van der Waals surface area (Å²) in [5.74, 6) is 1.27. The largest absolute Gasteiger partial charge is 0.505 e. The van der Waals surface area contributed by atoms with Crippen LogP contribution in [0.25, 0.3) is 60.7 Å². The predicted molar refractivity (Wildman–Crippen MR) is 186 cm³/mol. The van der Waals surface area contributed by atoms with Crippen LogP contribution in [0.3, 0.4) is 0 Å². The minimum atomic E-state index is -0.391. The van der Waals surface area contributed by atoms with E-state index < -0.39 is 5.41 Å². The Bertz CT molecular complexity index is 2750. The quantitative estimate of drug-likeness (QED) is 0.181. The van der Waals surface area contributed by atoms with Crippen LogP contribution in [-0.2, 0) is 31.9 Å². The molecule has 0 spiro atoms. The molecular weight excluding hydrogens is 778 g/mol.